The van der Waals surface area contributed by atoms with Crippen LogP contribution >= 0.6 is 0 Å². The summed E-state index contributed by atoms with van der Waals surface area (Å²) in [5, 5.41) is 6.78. The summed E-state index contributed by atoms with van der Waals surface area (Å²) in [5.74, 6) is 1.23. The minimum Gasteiger partial charge on any atom is -0.750 e. The lowest BCUT2D eigenvalue weighted by Gasteiger charge is -2.34. The SMILES string of the molecule is CC(OS(=O)[O-])c1cc(N2CCOC[C@@H]2C)nc(-c2ccc(-c3cn[nH]c3)cc2)n1. The van der Waals surface area contributed by atoms with Gasteiger partial charge in [-0.3, -0.25) is 9.28 Å². The third-order valence-electron chi connectivity index (χ3n) is 5.01. The van der Waals surface area contributed by atoms with Crippen LogP contribution in [-0.2, 0) is 20.3 Å². The van der Waals surface area contributed by atoms with E-state index >= 15 is 0 Å². The van der Waals surface area contributed by atoms with Gasteiger partial charge in [-0.05, 0) is 19.4 Å². The monoisotopic (exact) mass is 428 g/mol. The third-order valence-corrected chi connectivity index (χ3v) is 5.45. The lowest BCUT2D eigenvalue weighted by Crippen LogP contribution is -2.44. The summed E-state index contributed by atoms with van der Waals surface area (Å²) in [6.07, 6.45) is 2.85. The maximum absolute atomic E-state index is 11.0. The Morgan fingerprint density at radius 3 is 2.70 bits per heavy atom. The van der Waals surface area contributed by atoms with Crippen LogP contribution in [-0.4, -0.2) is 54.7 Å². The highest BCUT2D eigenvalue weighted by molar-refractivity contribution is 7.74. The van der Waals surface area contributed by atoms with E-state index < -0.39 is 17.5 Å². The van der Waals surface area contributed by atoms with Crippen LogP contribution in [0.2, 0.25) is 0 Å². The summed E-state index contributed by atoms with van der Waals surface area (Å²) in [6.45, 7) is 5.61. The second-order valence-corrected chi connectivity index (χ2v) is 7.70. The average Bonchev–Trinajstić information content (AvgIpc) is 3.28. The number of morpholine rings is 1. The Morgan fingerprint density at radius 1 is 1.27 bits per heavy atom. The number of H-pyrrole nitrogens is 1. The van der Waals surface area contributed by atoms with Crippen molar-refractivity contribution in [3.05, 3.63) is 48.4 Å². The zero-order chi connectivity index (χ0) is 21.1. The predicted octanol–water partition coefficient (Wildman–Crippen LogP) is 2.63. The van der Waals surface area contributed by atoms with Gasteiger partial charge in [0.15, 0.2) is 5.82 Å². The first-order chi connectivity index (χ1) is 14.5. The first-order valence-corrected chi connectivity index (χ1v) is 10.6. The molecule has 3 atom stereocenters. The molecule has 2 unspecified atom stereocenters. The number of benzene rings is 1. The number of hydrogen-bond donors (Lipinski definition) is 1. The highest BCUT2D eigenvalue weighted by atomic mass is 32.2. The van der Waals surface area contributed by atoms with E-state index in [4.69, 9.17) is 13.9 Å². The molecule has 3 aromatic rings. The maximum Gasteiger partial charge on any atom is 0.161 e. The van der Waals surface area contributed by atoms with Crippen molar-refractivity contribution < 1.29 is 17.7 Å². The van der Waals surface area contributed by atoms with Crippen LogP contribution in [0.1, 0.15) is 25.6 Å². The number of anilines is 1. The predicted molar refractivity (Wildman–Crippen MR) is 111 cm³/mol. The van der Waals surface area contributed by atoms with Gasteiger partial charge in [0.2, 0.25) is 0 Å². The molecule has 1 aliphatic rings. The van der Waals surface area contributed by atoms with Crippen molar-refractivity contribution in [2.75, 3.05) is 24.7 Å². The Kier molecular flexibility index (Phi) is 6.18. The van der Waals surface area contributed by atoms with Gasteiger partial charge < -0.3 is 14.2 Å². The molecule has 4 rings (SSSR count). The Morgan fingerprint density at radius 2 is 2.03 bits per heavy atom. The fourth-order valence-electron chi connectivity index (χ4n) is 3.39. The number of aromatic nitrogens is 4. The fourth-order valence-corrected chi connectivity index (χ4v) is 3.73. The largest absolute Gasteiger partial charge is 0.750 e. The van der Waals surface area contributed by atoms with Crippen LogP contribution in [0.4, 0.5) is 5.82 Å². The number of aromatic amines is 1. The molecular weight excluding hydrogens is 406 g/mol. The molecule has 1 saturated heterocycles. The van der Waals surface area contributed by atoms with Crippen LogP contribution in [0, 0.1) is 0 Å². The number of rotatable bonds is 6. The zero-order valence-electron chi connectivity index (χ0n) is 16.6. The van der Waals surface area contributed by atoms with E-state index in [9.17, 15) is 8.76 Å². The van der Waals surface area contributed by atoms with Crippen LogP contribution in [0.3, 0.4) is 0 Å². The second-order valence-electron chi connectivity index (χ2n) is 7.10. The van der Waals surface area contributed by atoms with E-state index in [2.05, 4.69) is 27.0 Å². The van der Waals surface area contributed by atoms with Crippen molar-refractivity contribution in [1.29, 1.82) is 0 Å². The summed E-state index contributed by atoms with van der Waals surface area (Å²) in [4.78, 5) is 11.5. The molecule has 3 heterocycles. The van der Waals surface area contributed by atoms with Crippen LogP contribution < -0.4 is 4.90 Å². The van der Waals surface area contributed by atoms with Crippen LogP contribution in [0.15, 0.2) is 42.7 Å². The lowest BCUT2D eigenvalue weighted by atomic mass is 10.1. The van der Waals surface area contributed by atoms with Gasteiger partial charge in [0.1, 0.15) is 11.9 Å². The second kappa shape index (κ2) is 9.00. The summed E-state index contributed by atoms with van der Waals surface area (Å²) >= 11 is -2.64. The molecule has 0 aliphatic carbocycles. The van der Waals surface area contributed by atoms with Gasteiger partial charge in [-0.1, -0.05) is 24.3 Å². The molecule has 2 aromatic heterocycles. The van der Waals surface area contributed by atoms with Crippen molar-refractivity contribution in [3.8, 4) is 22.5 Å². The molecule has 10 heteroatoms. The highest BCUT2D eigenvalue weighted by Crippen LogP contribution is 2.28. The number of nitrogens with zero attached hydrogens (tertiary/aromatic N) is 4. The average molecular weight is 428 g/mol. The van der Waals surface area contributed by atoms with E-state index in [0.717, 1.165) is 22.5 Å². The van der Waals surface area contributed by atoms with E-state index in [1.807, 2.05) is 30.5 Å². The van der Waals surface area contributed by atoms with E-state index in [1.165, 1.54) is 0 Å². The third kappa shape index (κ3) is 4.57. The van der Waals surface area contributed by atoms with Gasteiger partial charge >= 0.3 is 0 Å². The molecular formula is C20H22N5O4S-. The molecule has 158 valence electrons. The van der Waals surface area contributed by atoms with Gasteiger partial charge in [-0.25, -0.2) is 14.2 Å². The topological polar surface area (TPSA) is 116 Å². The fraction of sp³-hybridized carbons (Fsp3) is 0.350. The van der Waals surface area contributed by atoms with E-state index in [-0.39, 0.29) is 6.04 Å². The van der Waals surface area contributed by atoms with Crippen LogP contribution in [0.25, 0.3) is 22.5 Å². The molecule has 0 saturated carbocycles. The van der Waals surface area contributed by atoms with E-state index in [1.54, 1.807) is 19.2 Å². The lowest BCUT2D eigenvalue weighted by molar-refractivity contribution is 0.0985. The molecule has 0 amide bonds. The van der Waals surface area contributed by atoms with Gasteiger partial charge in [-0.15, -0.1) is 0 Å². The summed E-state index contributed by atoms with van der Waals surface area (Å²) < 4.78 is 32.5. The summed E-state index contributed by atoms with van der Waals surface area (Å²) in [5.41, 5.74) is 3.32. The normalized spacial score (nSPS) is 18.9. The summed E-state index contributed by atoms with van der Waals surface area (Å²) in [7, 11) is 0. The van der Waals surface area contributed by atoms with Crippen molar-refractivity contribution in [2.45, 2.75) is 26.0 Å². The number of nitrogens with one attached hydrogen (secondary N) is 1. The Labute approximate surface area is 177 Å². The number of hydrogen-bond acceptors (Lipinski definition) is 8. The molecule has 9 nitrogen and oxygen atoms in total. The van der Waals surface area contributed by atoms with Gasteiger partial charge in [0.25, 0.3) is 0 Å². The first-order valence-electron chi connectivity index (χ1n) is 9.60. The minimum absolute atomic E-state index is 0.141. The Hall–Kier alpha value is -2.66. The van der Waals surface area contributed by atoms with Crippen LogP contribution in [0.5, 0.6) is 0 Å². The summed E-state index contributed by atoms with van der Waals surface area (Å²) in [6, 6.07) is 9.74. The molecule has 1 fully saturated rings. The molecule has 0 spiro atoms. The zero-order valence-corrected chi connectivity index (χ0v) is 17.5. The minimum atomic E-state index is -2.64. The smallest absolute Gasteiger partial charge is 0.161 e. The molecule has 1 aliphatic heterocycles. The standard InChI is InChI=1S/C20H23N5O4S/c1-13-12-28-8-7-25(13)19-9-18(14(2)29-30(26)27)23-20(24-19)16-5-3-15(4-6-16)17-10-21-22-11-17/h3-6,9-11,13-14H,7-8,12H2,1-2H3,(H,21,22)(H,26,27)/p-1/t13-,14?/m0/s1. The van der Waals surface area contributed by atoms with E-state index in [0.29, 0.717) is 31.3 Å². The quantitative estimate of drug-likeness (QED) is 0.596. The Balaban J connectivity index is 1.72. The highest BCUT2D eigenvalue weighted by Gasteiger charge is 2.23. The maximum atomic E-state index is 11.0. The van der Waals surface area contributed by atoms with Gasteiger partial charge in [-0.2, -0.15) is 5.10 Å². The Bertz CT molecular complexity index is 1010. The molecule has 1 aromatic carbocycles. The molecule has 30 heavy (non-hydrogen) atoms. The van der Waals surface area contributed by atoms with Gasteiger partial charge in [0, 0.05) is 29.9 Å². The molecule has 0 radical (unpaired) electrons. The first kappa shape index (κ1) is 20.6. The molecule has 1 N–H and O–H groups in total. The van der Waals surface area contributed by atoms with Crippen molar-refractivity contribution in [2.24, 2.45) is 0 Å². The number of ether oxygens (including phenoxy) is 1. The van der Waals surface area contributed by atoms with Gasteiger partial charge in [0.05, 0.1) is 42.5 Å². The van der Waals surface area contributed by atoms with Crippen molar-refractivity contribution >= 4 is 17.2 Å². The molecule has 0 bridgehead atoms. The van der Waals surface area contributed by atoms with Crippen molar-refractivity contribution in [1.82, 2.24) is 20.2 Å². The van der Waals surface area contributed by atoms with Crippen molar-refractivity contribution in [3.63, 3.8) is 0 Å².